The fraction of sp³-hybridized carbons (Fsp3) is 0.231. The van der Waals surface area contributed by atoms with Crippen LogP contribution in [0.3, 0.4) is 0 Å². The SMILES string of the molecule is CC(C#N)CNS(=O)(=O)c1cccc2ncccc12. The van der Waals surface area contributed by atoms with E-state index in [0.717, 1.165) is 0 Å². The van der Waals surface area contributed by atoms with E-state index in [2.05, 4.69) is 9.71 Å². The van der Waals surface area contributed by atoms with Crippen LogP contribution in [0.5, 0.6) is 0 Å². The number of nitriles is 1. The van der Waals surface area contributed by atoms with Crippen molar-refractivity contribution in [3.63, 3.8) is 0 Å². The summed E-state index contributed by atoms with van der Waals surface area (Å²) in [5.41, 5.74) is 0.624. The second kappa shape index (κ2) is 5.34. The standard InChI is InChI=1S/C13H13N3O2S/c1-10(8-14)9-16-19(17,18)13-6-2-5-12-11(13)4-3-7-15-12/h2-7,10,16H,9H2,1H3. The van der Waals surface area contributed by atoms with Gasteiger partial charge in [0.2, 0.25) is 10.0 Å². The third kappa shape index (κ3) is 2.89. The van der Waals surface area contributed by atoms with Crippen LogP contribution in [-0.2, 0) is 10.0 Å². The van der Waals surface area contributed by atoms with E-state index >= 15 is 0 Å². The molecule has 0 bridgehead atoms. The zero-order chi connectivity index (χ0) is 13.9. The highest BCUT2D eigenvalue weighted by Crippen LogP contribution is 2.20. The summed E-state index contributed by atoms with van der Waals surface area (Å²) in [6.07, 6.45) is 1.61. The van der Waals surface area contributed by atoms with Gasteiger partial charge in [0.15, 0.2) is 0 Å². The minimum Gasteiger partial charge on any atom is -0.256 e. The molecule has 1 aromatic heterocycles. The molecule has 0 radical (unpaired) electrons. The monoisotopic (exact) mass is 275 g/mol. The summed E-state index contributed by atoms with van der Waals surface area (Å²) in [6, 6.07) is 10.3. The number of hydrogen-bond acceptors (Lipinski definition) is 4. The van der Waals surface area contributed by atoms with Gasteiger partial charge >= 0.3 is 0 Å². The zero-order valence-electron chi connectivity index (χ0n) is 10.4. The normalized spacial score (nSPS) is 13.1. The van der Waals surface area contributed by atoms with Crippen molar-refractivity contribution < 1.29 is 8.42 Å². The van der Waals surface area contributed by atoms with Crippen molar-refractivity contribution in [1.82, 2.24) is 9.71 Å². The minimum atomic E-state index is -3.63. The Hall–Kier alpha value is -1.97. The maximum Gasteiger partial charge on any atom is 0.241 e. The van der Waals surface area contributed by atoms with E-state index in [1.165, 1.54) is 6.07 Å². The number of rotatable bonds is 4. The topological polar surface area (TPSA) is 82.9 Å². The number of nitrogens with zero attached hydrogens (tertiary/aromatic N) is 2. The van der Waals surface area contributed by atoms with Crippen molar-refractivity contribution in [2.24, 2.45) is 5.92 Å². The third-order valence-corrected chi connectivity index (χ3v) is 4.18. The summed E-state index contributed by atoms with van der Waals surface area (Å²) in [6.45, 7) is 1.75. The second-order valence-corrected chi connectivity index (χ2v) is 5.94. The molecule has 0 saturated carbocycles. The predicted octanol–water partition coefficient (Wildman–Crippen LogP) is 1.67. The number of nitrogens with one attached hydrogen (secondary N) is 1. The molecular weight excluding hydrogens is 262 g/mol. The van der Waals surface area contributed by atoms with Gasteiger partial charge in [0.1, 0.15) is 0 Å². The minimum absolute atomic E-state index is 0.0927. The quantitative estimate of drug-likeness (QED) is 0.920. The van der Waals surface area contributed by atoms with Gasteiger partial charge in [-0.15, -0.1) is 0 Å². The average molecular weight is 275 g/mol. The maximum absolute atomic E-state index is 12.2. The maximum atomic E-state index is 12.2. The first-order valence-electron chi connectivity index (χ1n) is 5.77. The summed E-state index contributed by atoms with van der Waals surface area (Å²) in [7, 11) is -3.63. The number of sulfonamides is 1. The summed E-state index contributed by atoms with van der Waals surface area (Å²) in [5.74, 6) is -0.372. The molecule has 0 aliphatic rings. The Bertz CT molecular complexity index is 730. The van der Waals surface area contributed by atoms with Crippen LogP contribution in [0.4, 0.5) is 0 Å². The molecule has 0 aliphatic heterocycles. The molecule has 0 aliphatic carbocycles. The molecule has 2 aromatic rings. The average Bonchev–Trinajstić information content (AvgIpc) is 2.44. The summed E-state index contributed by atoms with van der Waals surface area (Å²) in [5, 5.41) is 9.25. The van der Waals surface area contributed by atoms with Crippen LogP contribution in [-0.4, -0.2) is 19.9 Å². The van der Waals surface area contributed by atoms with Crippen molar-refractivity contribution in [3.05, 3.63) is 36.5 Å². The molecule has 1 heterocycles. The molecule has 19 heavy (non-hydrogen) atoms. The van der Waals surface area contributed by atoms with Crippen molar-refractivity contribution in [1.29, 1.82) is 5.26 Å². The van der Waals surface area contributed by atoms with Crippen molar-refractivity contribution in [2.45, 2.75) is 11.8 Å². The van der Waals surface area contributed by atoms with Crippen molar-refractivity contribution >= 4 is 20.9 Å². The summed E-state index contributed by atoms with van der Waals surface area (Å²) in [4.78, 5) is 4.31. The Kier molecular flexibility index (Phi) is 3.79. The van der Waals surface area contributed by atoms with E-state index in [9.17, 15) is 8.42 Å². The molecule has 5 nitrogen and oxygen atoms in total. The Morgan fingerprint density at radius 3 is 2.89 bits per heavy atom. The molecule has 0 amide bonds. The Morgan fingerprint density at radius 2 is 2.16 bits per heavy atom. The van der Waals surface area contributed by atoms with Gasteiger partial charge in [-0.3, -0.25) is 4.98 Å². The van der Waals surface area contributed by atoms with Crippen molar-refractivity contribution in [2.75, 3.05) is 6.54 Å². The molecule has 98 valence electrons. The van der Waals surface area contributed by atoms with Crippen LogP contribution >= 0.6 is 0 Å². The van der Waals surface area contributed by atoms with Gasteiger partial charge in [-0.2, -0.15) is 5.26 Å². The fourth-order valence-electron chi connectivity index (χ4n) is 1.67. The van der Waals surface area contributed by atoms with E-state index in [1.807, 2.05) is 6.07 Å². The zero-order valence-corrected chi connectivity index (χ0v) is 11.2. The van der Waals surface area contributed by atoms with Gasteiger partial charge < -0.3 is 0 Å². The number of benzene rings is 1. The second-order valence-electron chi connectivity index (χ2n) is 4.21. The molecule has 1 unspecified atom stereocenters. The molecule has 0 saturated heterocycles. The fourth-order valence-corrected chi connectivity index (χ4v) is 3.01. The van der Waals surface area contributed by atoms with Crippen LogP contribution in [0.25, 0.3) is 10.9 Å². The third-order valence-electron chi connectivity index (χ3n) is 2.70. The molecular formula is C13H13N3O2S. The first-order valence-corrected chi connectivity index (χ1v) is 7.26. The predicted molar refractivity (Wildman–Crippen MR) is 71.7 cm³/mol. The number of hydrogen-bond donors (Lipinski definition) is 1. The van der Waals surface area contributed by atoms with E-state index < -0.39 is 10.0 Å². The van der Waals surface area contributed by atoms with Crippen LogP contribution in [0.15, 0.2) is 41.4 Å². The molecule has 6 heteroatoms. The van der Waals surface area contributed by atoms with E-state index in [0.29, 0.717) is 10.9 Å². The Labute approximate surface area is 111 Å². The lowest BCUT2D eigenvalue weighted by Gasteiger charge is -2.09. The highest BCUT2D eigenvalue weighted by atomic mass is 32.2. The van der Waals surface area contributed by atoms with Crippen LogP contribution < -0.4 is 4.72 Å². The lowest BCUT2D eigenvalue weighted by atomic mass is 10.2. The smallest absolute Gasteiger partial charge is 0.241 e. The molecule has 1 atom stereocenters. The largest absolute Gasteiger partial charge is 0.256 e. The first-order chi connectivity index (χ1) is 9.04. The highest BCUT2D eigenvalue weighted by Gasteiger charge is 2.17. The summed E-state index contributed by atoms with van der Waals surface area (Å²) < 4.78 is 26.9. The molecule has 2 rings (SSSR count). The lowest BCUT2D eigenvalue weighted by molar-refractivity contribution is 0.573. The van der Waals surface area contributed by atoms with Crippen molar-refractivity contribution in [3.8, 4) is 6.07 Å². The van der Waals surface area contributed by atoms with Gasteiger partial charge in [0.05, 0.1) is 22.4 Å². The van der Waals surface area contributed by atoms with Crippen LogP contribution in [0, 0.1) is 17.2 Å². The number of fused-ring (bicyclic) bond motifs is 1. The van der Waals surface area contributed by atoms with Crippen LogP contribution in [0.2, 0.25) is 0 Å². The van der Waals surface area contributed by atoms with E-state index in [1.54, 1.807) is 37.4 Å². The number of aromatic nitrogens is 1. The molecule has 0 spiro atoms. The number of pyridine rings is 1. The molecule has 1 N–H and O–H groups in total. The molecule has 0 fully saturated rings. The van der Waals surface area contributed by atoms with Gasteiger partial charge in [-0.05, 0) is 31.2 Å². The van der Waals surface area contributed by atoms with Gasteiger partial charge in [-0.1, -0.05) is 6.07 Å². The van der Waals surface area contributed by atoms with Gasteiger partial charge in [0.25, 0.3) is 0 Å². The van der Waals surface area contributed by atoms with Crippen LogP contribution in [0.1, 0.15) is 6.92 Å². The van der Waals surface area contributed by atoms with E-state index in [-0.39, 0.29) is 17.4 Å². The lowest BCUT2D eigenvalue weighted by Crippen LogP contribution is -2.28. The first kappa shape index (κ1) is 13.5. The Morgan fingerprint density at radius 1 is 1.37 bits per heavy atom. The molecule has 1 aromatic carbocycles. The van der Waals surface area contributed by atoms with E-state index in [4.69, 9.17) is 5.26 Å². The van der Waals surface area contributed by atoms with Gasteiger partial charge in [0, 0.05) is 18.1 Å². The Balaban J connectivity index is 2.41. The highest BCUT2D eigenvalue weighted by molar-refractivity contribution is 7.89. The van der Waals surface area contributed by atoms with Gasteiger partial charge in [-0.25, -0.2) is 13.1 Å². The summed E-state index contributed by atoms with van der Waals surface area (Å²) >= 11 is 0.